The summed E-state index contributed by atoms with van der Waals surface area (Å²) in [7, 11) is 1.70. The number of aromatic nitrogens is 1. The Kier molecular flexibility index (Phi) is 6.28. The van der Waals surface area contributed by atoms with E-state index in [-0.39, 0.29) is 5.75 Å². The van der Waals surface area contributed by atoms with E-state index < -0.39 is 24.4 Å². The van der Waals surface area contributed by atoms with Crippen molar-refractivity contribution < 1.29 is 22.7 Å². The van der Waals surface area contributed by atoms with Gasteiger partial charge in [-0.2, -0.15) is 0 Å². The molecule has 2 amide bonds. The van der Waals surface area contributed by atoms with Gasteiger partial charge in [0.15, 0.2) is 0 Å². The van der Waals surface area contributed by atoms with Crippen LogP contribution in [0.25, 0.3) is 11.3 Å². The number of aliphatic imine (C=N–C) groups is 2. The Labute approximate surface area is 191 Å². The first-order chi connectivity index (χ1) is 15.7. The van der Waals surface area contributed by atoms with Gasteiger partial charge in [-0.15, -0.1) is 24.5 Å². The Balaban J connectivity index is 1.67. The molecule has 4 rings (SSSR count). The SMILES string of the molecule is CN=Cc1ccc(-c2csc(C3C(C)=NC(=O)NC3c3cccc(OC(F)(F)F)c3)n2)cc1. The van der Waals surface area contributed by atoms with Crippen molar-refractivity contribution >= 4 is 29.3 Å². The molecular weight excluding hydrogens is 453 g/mol. The number of hydrogen-bond donors (Lipinski definition) is 1. The van der Waals surface area contributed by atoms with E-state index in [2.05, 4.69) is 20.0 Å². The topological polar surface area (TPSA) is 75.9 Å². The third-order valence-corrected chi connectivity index (χ3v) is 5.99. The fourth-order valence-corrected chi connectivity index (χ4v) is 4.70. The summed E-state index contributed by atoms with van der Waals surface area (Å²) in [5.41, 5.74) is 3.63. The smallest absolute Gasteiger partial charge is 0.406 e. The number of carbonyl (C=O) groups excluding carboxylic acids is 1. The van der Waals surface area contributed by atoms with E-state index >= 15 is 0 Å². The number of hydrogen-bond acceptors (Lipinski definition) is 5. The first-order valence-electron chi connectivity index (χ1n) is 9.93. The molecule has 2 atom stereocenters. The van der Waals surface area contributed by atoms with Crippen molar-refractivity contribution in [3.8, 4) is 17.0 Å². The Morgan fingerprint density at radius 1 is 1.18 bits per heavy atom. The van der Waals surface area contributed by atoms with Crippen molar-refractivity contribution in [3.63, 3.8) is 0 Å². The van der Waals surface area contributed by atoms with Gasteiger partial charge < -0.3 is 10.1 Å². The summed E-state index contributed by atoms with van der Waals surface area (Å²) in [6, 6.07) is 12.1. The number of urea groups is 1. The van der Waals surface area contributed by atoms with Crippen molar-refractivity contribution in [1.29, 1.82) is 0 Å². The lowest BCUT2D eigenvalue weighted by Gasteiger charge is -2.30. The third-order valence-electron chi connectivity index (χ3n) is 5.06. The van der Waals surface area contributed by atoms with E-state index in [0.717, 1.165) is 16.8 Å². The number of amides is 2. The Morgan fingerprint density at radius 3 is 2.64 bits per heavy atom. The number of rotatable bonds is 5. The standard InChI is InChI=1S/C23H19F3N4O2S/c1-13-19(21-29-18(12-33-21)15-8-6-14(7-9-15)11-27-2)20(30-22(31)28-13)16-4-3-5-17(10-16)32-23(24,25)26/h3-12,19-20H,1-2H3,(H,30,31). The largest absolute Gasteiger partial charge is 0.573 e. The molecule has 170 valence electrons. The average Bonchev–Trinajstić information content (AvgIpc) is 3.22. The van der Waals surface area contributed by atoms with Crippen LogP contribution >= 0.6 is 11.3 Å². The second-order valence-corrected chi connectivity index (χ2v) is 8.25. The van der Waals surface area contributed by atoms with Gasteiger partial charge >= 0.3 is 12.4 Å². The highest BCUT2D eigenvalue weighted by Crippen LogP contribution is 2.39. The third kappa shape index (κ3) is 5.28. The van der Waals surface area contributed by atoms with Crippen LogP contribution in [0.15, 0.2) is 63.9 Å². The molecule has 0 saturated carbocycles. The number of halogens is 3. The second-order valence-electron chi connectivity index (χ2n) is 7.36. The molecule has 10 heteroatoms. The molecule has 0 radical (unpaired) electrons. The fourth-order valence-electron chi connectivity index (χ4n) is 3.67. The van der Waals surface area contributed by atoms with Crippen LogP contribution in [-0.2, 0) is 0 Å². The summed E-state index contributed by atoms with van der Waals surface area (Å²) in [5, 5.41) is 5.36. The summed E-state index contributed by atoms with van der Waals surface area (Å²) in [5.74, 6) is -0.794. The first kappa shape index (κ1) is 22.7. The van der Waals surface area contributed by atoms with Gasteiger partial charge in [-0.3, -0.25) is 4.99 Å². The molecule has 2 aromatic carbocycles. The molecule has 0 fully saturated rings. The quantitative estimate of drug-likeness (QED) is 0.479. The van der Waals surface area contributed by atoms with Crippen molar-refractivity contribution in [1.82, 2.24) is 10.3 Å². The number of alkyl halides is 3. The van der Waals surface area contributed by atoms with E-state index in [1.165, 1.54) is 29.5 Å². The minimum atomic E-state index is -4.81. The number of thiazole rings is 1. The molecular formula is C23H19F3N4O2S. The summed E-state index contributed by atoms with van der Waals surface area (Å²) in [6.45, 7) is 1.71. The molecule has 1 N–H and O–H groups in total. The molecule has 3 aromatic rings. The van der Waals surface area contributed by atoms with Gasteiger partial charge in [0.25, 0.3) is 0 Å². The summed E-state index contributed by atoms with van der Waals surface area (Å²) >= 11 is 1.40. The van der Waals surface area contributed by atoms with Crippen molar-refractivity contribution in [2.24, 2.45) is 9.98 Å². The summed E-state index contributed by atoms with van der Waals surface area (Å²) in [6.07, 6.45) is -3.06. The Hall–Kier alpha value is -3.53. The average molecular weight is 472 g/mol. The van der Waals surface area contributed by atoms with Gasteiger partial charge in [-0.25, -0.2) is 14.8 Å². The van der Waals surface area contributed by atoms with E-state index in [1.807, 2.05) is 29.6 Å². The maximum Gasteiger partial charge on any atom is 0.573 e. The van der Waals surface area contributed by atoms with Crippen molar-refractivity contribution in [2.75, 3.05) is 7.05 Å². The predicted octanol–water partition coefficient (Wildman–Crippen LogP) is 5.77. The molecule has 2 unspecified atom stereocenters. The highest BCUT2D eigenvalue weighted by Gasteiger charge is 2.36. The molecule has 1 aromatic heterocycles. The predicted molar refractivity (Wildman–Crippen MR) is 121 cm³/mol. The van der Waals surface area contributed by atoms with Crippen LogP contribution in [0, 0.1) is 0 Å². The Morgan fingerprint density at radius 2 is 1.94 bits per heavy atom. The van der Waals surface area contributed by atoms with Gasteiger partial charge in [-0.1, -0.05) is 36.4 Å². The lowest BCUT2D eigenvalue weighted by molar-refractivity contribution is -0.274. The van der Waals surface area contributed by atoms with Crippen LogP contribution in [0.4, 0.5) is 18.0 Å². The molecule has 0 bridgehead atoms. The van der Waals surface area contributed by atoms with E-state index in [9.17, 15) is 18.0 Å². The monoisotopic (exact) mass is 472 g/mol. The van der Waals surface area contributed by atoms with Gasteiger partial charge in [0.2, 0.25) is 0 Å². The van der Waals surface area contributed by atoms with Crippen molar-refractivity contribution in [2.45, 2.75) is 25.2 Å². The van der Waals surface area contributed by atoms with Crippen LogP contribution in [0.2, 0.25) is 0 Å². The van der Waals surface area contributed by atoms with Crippen LogP contribution in [0.5, 0.6) is 5.75 Å². The molecule has 6 nitrogen and oxygen atoms in total. The van der Waals surface area contributed by atoms with Gasteiger partial charge in [-0.05, 0) is 30.2 Å². The maximum atomic E-state index is 12.7. The molecule has 0 spiro atoms. The van der Waals surface area contributed by atoms with Crippen LogP contribution in [0.1, 0.15) is 35.0 Å². The zero-order valence-electron chi connectivity index (χ0n) is 17.6. The number of nitrogens with zero attached hydrogens (tertiary/aromatic N) is 3. The summed E-state index contributed by atoms with van der Waals surface area (Å²) < 4.78 is 42.1. The zero-order chi connectivity index (χ0) is 23.6. The number of carbonyl (C=O) groups is 1. The molecule has 0 aliphatic carbocycles. The van der Waals surface area contributed by atoms with Gasteiger partial charge in [0.05, 0.1) is 17.7 Å². The molecule has 0 saturated heterocycles. The lowest BCUT2D eigenvalue weighted by atomic mass is 9.88. The highest BCUT2D eigenvalue weighted by molar-refractivity contribution is 7.10. The van der Waals surface area contributed by atoms with E-state index in [4.69, 9.17) is 4.98 Å². The van der Waals surface area contributed by atoms with E-state index in [0.29, 0.717) is 16.3 Å². The van der Waals surface area contributed by atoms with Crippen LogP contribution < -0.4 is 10.1 Å². The van der Waals surface area contributed by atoms with Gasteiger partial charge in [0, 0.05) is 29.9 Å². The zero-order valence-corrected chi connectivity index (χ0v) is 18.4. The van der Waals surface area contributed by atoms with Crippen LogP contribution in [0.3, 0.4) is 0 Å². The minimum absolute atomic E-state index is 0.358. The molecule has 33 heavy (non-hydrogen) atoms. The normalized spacial score (nSPS) is 18.8. The first-order valence-corrected chi connectivity index (χ1v) is 10.8. The maximum absolute atomic E-state index is 12.7. The number of benzene rings is 2. The minimum Gasteiger partial charge on any atom is -0.406 e. The highest BCUT2D eigenvalue weighted by atomic mass is 32.1. The molecule has 2 heterocycles. The second kappa shape index (κ2) is 9.14. The summed E-state index contributed by atoms with van der Waals surface area (Å²) in [4.78, 5) is 24.9. The van der Waals surface area contributed by atoms with E-state index in [1.54, 1.807) is 26.3 Å². The number of ether oxygens (including phenoxy) is 1. The van der Waals surface area contributed by atoms with Crippen molar-refractivity contribution in [3.05, 3.63) is 70.0 Å². The molecule has 1 aliphatic rings. The Bertz CT molecular complexity index is 1220. The lowest BCUT2D eigenvalue weighted by Crippen LogP contribution is -2.38. The number of nitrogens with one attached hydrogen (secondary N) is 1. The van der Waals surface area contributed by atoms with Gasteiger partial charge in [0.1, 0.15) is 10.8 Å². The fraction of sp³-hybridized carbons (Fsp3) is 0.217. The van der Waals surface area contributed by atoms with Crippen LogP contribution in [-0.4, -0.2) is 36.4 Å². The molecule has 1 aliphatic heterocycles.